The van der Waals surface area contributed by atoms with Crippen molar-refractivity contribution < 1.29 is 9.59 Å². The minimum atomic E-state index is -0.0900. The van der Waals surface area contributed by atoms with Gasteiger partial charge in [-0.05, 0) is 25.7 Å². The first-order valence-corrected chi connectivity index (χ1v) is 8.52. The number of hydrogen-bond acceptors (Lipinski definition) is 2. The highest BCUT2D eigenvalue weighted by Crippen LogP contribution is 2.31. The molecular weight excluding hydrogens is 278 g/mol. The highest BCUT2D eigenvalue weighted by atomic mass is 16.2. The molecule has 2 saturated heterocycles. The van der Waals surface area contributed by atoms with E-state index in [1.807, 2.05) is 22.9 Å². The summed E-state index contributed by atoms with van der Waals surface area (Å²) < 4.78 is 0. The number of carbonyl (C=O) groups excluding carboxylic acids is 2. The fourth-order valence-corrected chi connectivity index (χ4v) is 3.53. The van der Waals surface area contributed by atoms with Crippen molar-refractivity contribution in [3.63, 3.8) is 0 Å². The van der Waals surface area contributed by atoms with Crippen LogP contribution in [0.3, 0.4) is 0 Å². The SMILES string of the molecule is CCCC(=CC(=O)N1CCC2(CC1)CNC(=O)N2C)CCC. The highest BCUT2D eigenvalue weighted by molar-refractivity contribution is 5.88. The Kier molecular flexibility index (Phi) is 5.48. The molecule has 0 aromatic heterocycles. The molecule has 2 aliphatic heterocycles. The first kappa shape index (κ1) is 16.8. The van der Waals surface area contributed by atoms with Crippen molar-refractivity contribution in [1.82, 2.24) is 15.1 Å². The number of carbonyl (C=O) groups is 2. The number of rotatable bonds is 5. The topological polar surface area (TPSA) is 52.7 Å². The number of allylic oxidation sites excluding steroid dienone is 1. The number of nitrogens with one attached hydrogen (secondary N) is 1. The van der Waals surface area contributed by atoms with Crippen LogP contribution >= 0.6 is 0 Å². The Morgan fingerprint density at radius 1 is 1.23 bits per heavy atom. The lowest BCUT2D eigenvalue weighted by Gasteiger charge is -2.42. The summed E-state index contributed by atoms with van der Waals surface area (Å²) >= 11 is 0. The van der Waals surface area contributed by atoms with Crippen molar-refractivity contribution >= 4 is 11.9 Å². The molecule has 2 rings (SSSR count). The molecule has 0 unspecified atom stereocenters. The maximum Gasteiger partial charge on any atom is 0.317 e. The summed E-state index contributed by atoms with van der Waals surface area (Å²) in [6.45, 7) is 6.48. The van der Waals surface area contributed by atoms with E-state index in [4.69, 9.17) is 0 Å². The van der Waals surface area contributed by atoms with E-state index < -0.39 is 0 Å². The van der Waals surface area contributed by atoms with Gasteiger partial charge < -0.3 is 15.1 Å². The van der Waals surface area contributed by atoms with E-state index in [-0.39, 0.29) is 17.5 Å². The van der Waals surface area contributed by atoms with Gasteiger partial charge in [-0.2, -0.15) is 0 Å². The zero-order valence-corrected chi connectivity index (χ0v) is 14.2. The molecule has 0 aromatic rings. The van der Waals surface area contributed by atoms with E-state index in [0.29, 0.717) is 6.54 Å². The van der Waals surface area contributed by atoms with Crippen LogP contribution < -0.4 is 5.32 Å². The Labute approximate surface area is 133 Å². The summed E-state index contributed by atoms with van der Waals surface area (Å²) in [6.07, 6.45) is 7.77. The van der Waals surface area contributed by atoms with Crippen molar-refractivity contribution in [2.75, 3.05) is 26.7 Å². The molecule has 0 atom stereocenters. The maximum absolute atomic E-state index is 12.5. The van der Waals surface area contributed by atoms with Crippen molar-refractivity contribution in [2.45, 2.75) is 57.9 Å². The summed E-state index contributed by atoms with van der Waals surface area (Å²) in [5.74, 6) is 0.145. The standard InChI is InChI=1S/C17H29N3O2/c1-4-6-14(7-5-2)12-15(21)20-10-8-17(9-11-20)13-18-16(22)19(17)3/h12H,4-11,13H2,1-3H3,(H,18,22). The second kappa shape index (κ2) is 7.16. The number of hydrogen-bond donors (Lipinski definition) is 1. The number of likely N-dealkylation sites (N-methyl/N-ethyl adjacent to an activating group) is 1. The van der Waals surface area contributed by atoms with Gasteiger partial charge >= 0.3 is 6.03 Å². The Bertz CT molecular complexity index is 443. The molecule has 5 heteroatoms. The number of urea groups is 1. The average Bonchev–Trinajstić information content (AvgIpc) is 2.77. The summed E-state index contributed by atoms with van der Waals surface area (Å²) in [6, 6.07) is 0.00727. The number of likely N-dealkylation sites (tertiary alicyclic amines) is 1. The highest BCUT2D eigenvalue weighted by Gasteiger charge is 2.45. The summed E-state index contributed by atoms with van der Waals surface area (Å²) in [4.78, 5) is 27.9. The minimum Gasteiger partial charge on any atom is -0.339 e. The van der Waals surface area contributed by atoms with Gasteiger partial charge in [-0.3, -0.25) is 4.79 Å². The van der Waals surface area contributed by atoms with Gasteiger partial charge in [-0.1, -0.05) is 32.3 Å². The van der Waals surface area contributed by atoms with Crippen LogP contribution in [0, 0.1) is 0 Å². The average molecular weight is 307 g/mol. The molecule has 2 heterocycles. The smallest absolute Gasteiger partial charge is 0.317 e. The molecule has 2 aliphatic rings. The van der Waals surface area contributed by atoms with Crippen molar-refractivity contribution in [3.05, 3.63) is 11.6 Å². The van der Waals surface area contributed by atoms with E-state index in [2.05, 4.69) is 19.2 Å². The van der Waals surface area contributed by atoms with E-state index >= 15 is 0 Å². The molecular formula is C17H29N3O2. The van der Waals surface area contributed by atoms with Crippen LogP contribution in [0.2, 0.25) is 0 Å². The maximum atomic E-state index is 12.5. The van der Waals surface area contributed by atoms with Crippen LogP contribution in [0.1, 0.15) is 52.4 Å². The zero-order valence-electron chi connectivity index (χ0n) is 14.2. The van der Waals surface area contributed by atoms with Gasteiger partial charge in [0.25, 0.3) is 0 Å². The van der Waals surface area contributed by atoms with E-state index in [9.17, 15) is 9.59 Å². The second-order valence-electron chi connectivity index (χ2n) is 6.57. The molecule has 3 amide bonds. The van der Waals surface area contributed by atoms with Crippen molar-refractivity contribution in [3.8, 4) is 0 Å². The molecule has 0 saturated carbocycles. The minimum absolute atomic E-state index is 0.00727. The second-order valence-corrected chi connectivity index (χ2v) is 6.57. The number of piperidine rings is 1. The largest absolute Gasteiger partial charge is 0.339 e. The molecule has 0 radical (unpaired) electrons. The molecule has 1 spiro atoms. The van der Waals surface area contributed by atoms with Crippen LogP contribution in [0.15, 0.2) is 11.6 Å². The fraction of sp³-hybridized carbons (Fsp3) is 0.765. The van der Waals surface area contributed by atoms with Gasteiger partial charge in [0.1, 0.15) is 0 Å². The van der Waals surface area contributed by atoms with Gasteiger partial charge in [0.05, 0.1) is 5.54 Å². The first-order valence-electron chi connectivity index (χ1n) is 8.52. The lowest BCUT2D eigenvalue weighted by Crippen LogP contribution is -2.54. The molecule has 124 valence electrons. The van der Waals surface area contributed by atoms with E-state index in [1.54, 1.807) is 0 Å². The predicted octanol–water partition coefficient (Wildman–Crippen LogP) is 2.53. The molecule has 0 aromatic carbocycles. The molecule has 0 aliphatic carbocycles. The van der Waals surface area contributed by atoms with Crippen LogP contribution in [-0.4, -0.2) is 54.0 Å². The van der Waals surface area contributed by atoms with Gasteiger partial charge in [0.15, 0.2) is 0 Å². The van der Waals surface area contributed by atoms with Crippen molar-refractivity contribution in [1.29, 1.82) is 0 Å². The molecule has 0 bridgehead atoms. The third-order valence-electron chi connectivity index (χ3n) is 5.06. The monoisotopic (exact) mass is 307 g/mol. The number of nitrogens with zero attached hydrogens (tertiary/aromatic N) is 2. The van der Waals surface area contributed by atoms with E-state index in [1.165, 1.54) is 5.57 Å². The first-order chi connectivity index (χ1) is 10.5. The Hall–Kier alpha value is -1.52. The van der Waals surface area contributed by atoms with Crippen LogP contribution in [0.5, 0.6) is 0 Å². The predicted molar refractivity (Wildman–Crippen MR) is 87.6 cm³/mol. The van der Waals surface area contributed by atoms with Gasteiger partial charge in [0, 0.05) is 32.8 Å². The molecule has 1 N–H and O–H groups in total. The molecule has 5 nitrogen and oxygen atoms in total. The van der Waals surface area contributed by atoms with Crippen LogP contribution in [-0.2, 0) is 4.79 Å². The summed E-state index contributed by atoms with van der Waals surface area (Å²) in [7, 11) is 1.86. The van der Waals surface area contributed by atoms with Gasteiger partial charge in [0.2, 0.25) is 5.91 Å². The van der Waals surface area contributed by atoms with Gasteiger partial charge in [-0.25, -0.2) is 4.79 Å². The van der Waals surface area contributed by atoms with Crippen molar-refractivity contribution in [2.24, 2.45) is 0 Å². The Morgan fingerprint density at radius 2 is 1.82 bits per heavy atom. The normalized spacial score (nSPS) is 20.2. The zero-order chi connectivity index (χ0) is 16.2. The third kappa shape index (κ3) is 3.45. The quantitative estimate of drug-likeness (QED) is 0.794. The molecule has 2 fully saturated rings. The van der Waals surface area contributed by atoms with Crippen LogP contribution in [0.4, 0.5) is 4.79 Å². The lowest BCUT2D eigenvalue weighted by atomic mass is 9.87. The third-order valence-corrected chi connectivity index (χ3v) is 5.06. The summed E-state index contributed by atoms with van der Waals surface area (Å²) in [5, 5.41) is 2.91. The van der Waals surface area contributed by atoms with E-state index in [0.717, 1.165) is 51.6 Å². The Balaban J connectivity index is 1.95. The lowest BCUT2D eigenvalue weighted by molar-refractivity contribution is -0.128. The molecule has 22 heavy (non-hydrogen) atoms. The fourth-order valence-electron chi connectivity index (χ4n) is 3.53. The summed E-state index contributed by atoms with van der Waals surface area (Å²) in [5.41, 5.74) is 1.18. The Morgan fingerprint density at radius 3 is 2.27 bits per heavy atom. The number of amides is 3. The van der Waals surface area contributed by atoms with Gasteiger partial charge in [-0.15, -0.1) is 0 Å². The van der Waals surface area contributed by atoms with Crippen LogP contribution in [0.25, 0.3) is 0 Å².